The van der Waals surface area contributed by atoms with Crippen molar-refractivity contribution in [1.29, 1.82) is 0 Å². The molecule has 0 bridgehead atoms. The van der Waals surface area contributed by atoms with E-state index in [2.05, 4.69) is 22.4 Å². The van der Waals surface area contributed by atoms with Crippen molar-refractivity contribution in [3.05, 3.63) is 29.8 Å². The van der Waals surface area contributed by atoms with Crippen LogP contribution in [0.4, 0.5) is 5.95 Å². The molecule has 6 heteroatoms. The Kier molecular flexibility index (Phi) is 4.46. The van der Waals surface area contributed by atoms with Gasteiger partial charge in [0.1, 0.15) is 0 Å². The summed E-state index contributed by atoms with van der Waals surface area (Å²) >= 11 is 0. The van der Waals surface area contributed by atoms with E-state index in [1.165, 1.54) is 5.56 Å². The van der Waals surface area contributed by atoms with E-state index in [0.717, 1.165) is 18.8 Å². The lowest BCUT2D eigenvalue weighted by atomic mass is 10.2. The van der Waals surface area contributed by atoms with Crippen molar-refractivity contribution >= 4 is 5.95 Å². The first kappa shape index (κ1) is 13.5. The van der Waals surface area contributed by atoms with Gasteiger partial charge >= 0.3 is 0 Å². The Morgan fingerprint density at radius 3 is 2.68 bits per heavy atom. The summed E-state index contributed by atoms with van der Waals surface area (Å²) in [6.45, 7) is 6.17. The van der Waals surface area contributed by atoms with Crippen molar-refractivity contribution in [2.45, 2.75) is 13.8 Å². The number of likely N-dealkylation sites (N-methyl/N-ethyl adjacent to an activating group) is 1. The highest BCUT2D eigenvalue weighted by Crippen LogP contribution is 2.14. The fourth-order valence-corrected chi connectivity index (χ4v) is 1.72. The number of ether oxygens (including phenoxy) is 1. The number of aromatic nitrogens is 4. The fraction of sp³-hybridized carbons (Fsp3) is 0.462. The molecule has 1 heterocycles. The van der Waals surface area contributed by atoms with E-state index in [9.17, 15) is 0 Å². The number of anilines is 1. The van der Waals surface area contributed by atoms with Gasteiger partial charge in [-0.3, -0.25) is 0 Å². The van der Waals surface area contributed by atoms with Gasteiger partial charge in [0.05, 0.1) is 12.3 Å². The summed E-state index contributed by atoms with van der Waals surface area (Å²) in [7, 11) is 1.95. The zero-order valence-corrected chi connectivity index (χ0v) is 11.6. The molecule has 0 radical (unpaired) electrons. The number of nitrogens with zero attached hydrogens (tertiary/aromatic N) is 5. The van der Waals surface area contributed by atoms with Crippen LogP contribution in [0.1, 0.15) is 12.5 Å². The average Bonchev–Trinajstić information content (AvgIpc) is 2.89. The average molecular weight is 261 g/mol. The Hall–Kier alpha value is -1.95. The van der Waals surface area contributed by atoms with Crippen LogP contribution in [0.25, 0.3) is 5.69 Å². The predicted octanol–water partition coefficient (Wildman–Crippen LogP) is 1.44. The van der Waals surface area contributed by atoms with Gasteiger partial charge in [0.25, 0.3) is 0 Å². The second-order valence-corrected chi connectivity index (χ2v) is 4.34. The molecule has 0 saturated heterocycles. The van der Waals surface area contributed by atoms with Crippen LogP contribution in [-0.4, -0.2) is 47.0 Å². The molecule has 0 spiro atoms. The topological polar surface area (TPSA) is 56.1 Å². The van der Waals surface area contributed by atoms with Crippen LogP contribution < -0.4 is 4.90 Å². The van der Waals surface area contributed by atoms with Crippen LogP contribution in [0.3, 0.4) is 0 Å². The van der Waals surface area contributed by atoms with Crippen LogP contribution in [-0.2, 0) is 4.74 Å². The fourth-order valence-electron chi connectivity index (χ4n) is 1.72. The molecule has 1 aromatic carbocycles. The molecule has 0 amide bonds. The Balaban J connectivity index is 2.15. The van der Waals surface area contributed by atoms with Crippen molar-refractivity contribution in [3.8, 4) is 5.69 Å². The van der Waals surface area contributed by atoms with Crippen LogP contribution in [0.5, 0.6) is 0 Å². The van der Waals surface area contributed by atoms with E-state index in [1.54, 1.807) is 4.68 Å². The summed E-state index contributed by atoms with van der Waals surface area (Å²) in [4.78, 5) is 1.98. The maximum absolute atomic E-state index is 5.34. The summed E-state index contributed by atoms with van der Waals surface area (Å²) in [5.41, 5.74) is 2.16. The predicted molar refractivity (Wildman–Crippen MR) is 73.7 cm³/mol. The van der Waals surface area contributed by atoms with Gasteiger partial charge in [-0.1, -0.05) is 22.8 Å². The van der Waals surface area contributed by atoms with E-state index < -0.39 is 0 Å². The van der Waals surface area contributed by atoms with E-state index in [1.807, 2.05) is 43.1 Å². The molecule has 1 aromatic heterocycles. The highest BCUT2D eigenvalue weighted by molar-refractivity contribution is 5.41. The second-order valence-electron chi connectivity index (χ2n) is 4.34. The Morgan fingerprint density at radius 2 is 2.00 bits per heavy atom. The summed E-state index contributed by atoms with van der Waals surface area (Å²) < 4.78 is 7.07. The van der Waals surface area contributed by atoms with Gasteiger partial charge in [-0.05, 0) is 36.4 Å². The quantitative estimate of drug-likeness (QED) is 0.737. The van der Waals surface area contributed by atoms with E-state index in [-0.39, 0.29) is 0 Å². The molecule has 0 atom stereocenters. The zero-order valence-electron chi connectivity index (χ0n) is 11.6. The maximum atomic E-state index is 5.34. The molecular weight excluding hydrogens is 242 g/mol. The summed E-state index contributed by atoms with van der Waals surface area (Å²) in [6.07, 6.45) is 0. The molecule has 0 aliphatic carbocycles. The Labute approximate surface area is 113 Å². The minimum Gasteiger partial charge on any atom is -0.380 e. The van der Waals surface area contributed by atoms with Crippen LogP contribution in [0.2, 0.25) is 0 Å². The normalized spacial score (nSPS) is 10.7. The van der Waals surface area contributed by atoms with Crippen molar-refractivity contribution in [2.75, 3.05) is 31.7 Å². The summed E-state index contributed by atoms with van der Waals surface area (Å²) in [6, 6.07) is 8.10. The Morgan fingerprint density at radius 1 is 1.26 bits per heavy atom. The number of hydrogen-bond donors (Lipinski definition) is 0. The summed E-state index contributed by atoms with van der Waals surface area (Å²) in [5, 5.41) is 11.9. The third kappa shape index (κ3) is 3.29. The highest BCUT2D eigenvalue weighted by atomic mass is 16.5. The van der Waals surface area contributed by atoms with Crippen LogP contribution >= 0.6 is 0 Å². The molecule has 19 heavy (non-hydrogen) atoms. The molecule has 102 valence electrons. The van der Waals surface area contributed by atoms with Gasteiger partial charge < -0.3 is 9.64 Å². The van der Waals surface area contributed by atoms with Gasteiger partial charge in [-0.15, -0.1) is 0 Å². The highest BCUT2D eigenvalue weighted by Gasteiger charge is 2.12. The van der Waals surface area contributed by atoms with E-state index in [4.69, 9.17) is 4.74 Å². The zero-order chi connectivity index (χ0) is 13.7. The largest absolute Gasteiger partial charge is 0.380 e. The third-order valence-electron chi connectivity index (χ3n) is 2.85. The molecule has 0 aliphatic rings. The number of aryl methyl sites for hydroxylation is 1. The Bertz CT molecular complexity index is 508. The maximum Gasteiger partial charge on any atom is 0.250 e. The van der Waals surface area contributed by atoms with Gasteiger partial charge in [-0.2, -0.15) is 4.68 Å². The standard InChI is InChI=1S/C13H19N5O/c1-4-19-10-9-17(3)13-14-15-16-18(13)12-7-5-11(2)6-8-12/h5-8H,4,9-10H2,1-3H3. The molecule has 2 rings (SSSR count). The van der Waals surface area contributed by atoms with Crippen molar-refractivity contribution in [1.82, 2.24) is 20.2 Å². The van der Waals surface area contributed by atoms with E-state index >= 15 is 0 Å². The SMILES string of the molecule is CCOCCN(C)c1nnnn1-c1ccc(C)cc1. The van der Waals surface area contributed by atoms with Gasteiger partial charge in [0.15, 0.2) is 0 Å². The monoisotopic (exact) mass is 261 g/mol. The molecule has 0 aliphatic heterocycles. The lowest BCUT2D eigenvalue weighted by molar-refractivity contribution is 0.154. The molecular formula is C13H19N5O. The first-order chi connectivity index (χ1) is 9.22. The first-order valence-corrected chi connectivity index (χ1v) is 6.36. The smallest absolute Gasteiger partial charge is 0.250 e. The number of hydrogen-bond acceptors (Lipinski definition) is 5. The van der Waals surface area contributed by atoms with Crippen LogP contribution in [0, 0.1) is 6.92 Å². The third-order valence-corrected chi connectivity index (χ3v) is 2.85. The first-order valence-electron chi connectivity index (χ1n) is 6.36. The molecule has 0 fully saturated rings. The van der Waals surface area contributed by atoms with Crippen molar-refractivity contribution in [3.63, 3.8) is 0 Å². The van der Waals surface area contributed by atoms with Gasteiger partial charge in [0, 0.05) is 20.2 Å². The molecule has 0 N–H and O–H groups in total. The van der Waals surface area contributed by atoms with Gasteiger partial charge in [-0.25, -0.2) is 0 Å². The summed E-state index contributed by atoms with van der Waals surface area (Å²) in [5.74, 6) is 0.712. The lowest BCUT2D eigenvalue weighted by Gasteiger charge is -2.17. The minimum atomic E-state index is 0.660. The van der Waals surface area contributed by atoms with Crippen molar-refractivity contribution < 1.29 is 4.74 Å². The molecule has 0 saturated carbocycles. The molecule has 2 aromatic rings. The number of tetrazole rings is 1. The number of benzene rings is 1. The van der Waals surface area contributed by atoms with Crippen molar-refractivity contribution in [2.24, 2.45) is 0 Å². The molecule has 6 nitrogen and oxygen atoms in total. The molecule has 0 unspecified atom stereocenters. The van der Waals surface area contributed by atoms with E-state index in [0.29, 0.717) is 12.6 Å². The van der Waals surface area contributed by atoms with Crippen LogP contribution in [0.15, 0.2) is 24.3 Å². The van der Waals surface area contributed by atoms with Gasteiger partial charge in [0.2, 0.25) is 5.95 Å². The second kappa shape index (κ2) is 6.29. The number of rotatable bonds is 6. The lowest BCUT2D eigenvalue weighted by Crippen LogP contribution is -2.25. The minimum absolute atomic E-state index is 0.660.